The van der Waals surface area contributed by atoms with E-state index in [1.54, 1.807) is 38.1 Å². The van der Waals surface area contributed by atoms with Crippen LogP contribution in [0, 0.1) is 6.92 Å². The lowest BCUT2D eigenvalue weighted by Crippen LogP contribution is -2.46. The Balaban J connectivity index is 2.34. The molecular weight excluding hydrogens is 344 g/mol. The number of rotatable bonds is 8. The Bertz CT molecular complexity index is 855. The SMILES string of the molecule is CCc1c(C(=O)NCC(CC)(C(=O)O)c2ccccc2)[nH]c(C)c1C(C)=O. The van der Waals surface area contributed by atoms with Crippen LogP contribution in [0.5, 0.6) is 0 Å². The van der Waals surface area contributed by atoms with Gasteiger partial charge in [0.05, 0.1) is 0 Å². The molecule has 1 heterocycles. The van der Waals surface area contributed by atoms with E-state index in [1.165, 1.54) is 6.92 Å². The molecule has 0 spiro atoms. The Morgan fingerprint density at radius 3 is 2.26 bits per heavy atom. The largest absolute Gasteiger partial charge is 0.481 e. The van der Waals surface area contributed by atoms with Gasteiger partial charge in [-0.3, -0.25) is 14.4 Å². The van der Waals surface area contributed by atoms with Crippen LogP contribution in [-0.4, -0.2) is 34.3 Å². The number of carboxylic acid groups (broad SMARTS) is 1. The molecule has 0 aliphatic heterocycles. The molecule has 6 heteroatoms. The van der Waals surface area contributed by atoms with Crippen molar-refractivity contribution in [2.45, 2.75) is 46.0 Å². The zero-order valence-corrected chi connectivity index (χ0v) is 16.2. The third-order valence-corrected chi connectivity index (χ3v) is 5.11. The predicted molar refractivity (Wildman–Crippen MR) is 103 cm³/mol. The van der Waals surface area contributed by atoms with E-state index in [2.05, 4.69) is 10.3 Å². The molecule has 0 saturated carbocycles. The first kappa shape index (κ1) is 20.4. The zero-order valence-electron chi connectivity index (χ0n) is 16.2. The maximum Gasteiger partial charge on any atom is 0.315 e. The maximum atomic E-state index is 12.8. The average molecular weight is 370 g/mol. The second kappa shape index (κ2) is 8.20. The van der Waals surface area contributed by atoms with E-state index in [1.807, 2.05) is 13.0 Å². The summed E-state index contributed by atoms with van der Waals surface area (Å²) in [4.78, 5) is 39.7. The lowest BCUT2D eigenvalue weighted by atomic mass is 9.78. The lowest BCUT2D eigenvalue weighted by molar-refractivity contribution is -0.143. The summed E-state index contributed by atoms with van der Waals surface area (Å²) in [5.74, 6) is -1.49. The lowest BCUT2D eigenvalue weighted by Gasteiger charge is -2.29. The van der Waals surface area contributed by atoms with Gasteiger partial charge in [-0.05, 0) is 37.8 Å². The fourth-order valence-electron chi connectivity index (χ4n) is 3.56. The number of carbonyl (C=O) groups is 3. The van der Waals surface area contributed by atoms with Crippen LogP contribution in [0.4, 0.5) is 0 Å². The first-order valence-corrected chi connectivity index (χ1v) is 9.08. The molecule has 0 bridgehead atoms. The summed E-state index contributed by atoms with van der Waals surface area (Å²) in [6.45, 7) is 6.85. The summed E-state index contributed by atoms with van der Waals surface area (Å²) in [7, 11) is 0. The van der Waals surface area contributed by atoms with E-state index in [4.69, 9.17) is 0 Å². The van der Waals surface area contributed by atoms with Crippen LogP contribution >= 0.6 is 0 Å². The van der Waals surface area contributed by atoms with Gasteiger partial charge in [-0.25, -0.2) is 0 Å². The van der Waals surface area contributed by atoms with E-state index >= 15 is 0 Å². The number of aromatic nitrogens is 1. The minimum absolute atomic E-state index is 0.0433. The van der Waals surface area contributed by atoms with Gasteiger partial charge in [-0.15, -0.1) is 0 Å². The van der Waals surface area contributed by atoms with Crippen molar-refractivity contribution in [3.63, 3.8) is 0 Å². The van der Waals surface area contributed by atoms with E-state index in [0.29, 0.717) is 40.9 Å². The normalized spacial score (nSPS) is 13.0. The summed E-state index contributed by atoms with van der Waals surface area (Å²) < 4.78 is 0. The molecule has 0 saturated heterocycles. The van der Waals surface area contributed by atoms with Crippen LogP contribution in [0.2, 0.25) is 0 Å². The van der Waals surface area contributed by atoms with Crippen molar-refractivity contribution in [2.75, 3.05) is 6.54 Å². The van der Waals surface area contributed by atoms with Crippen molar-refractivity contribution in [3.05, 3.63) is 58.4 Å². The topological polar surface area (TPSA) is 99.3 Å². The van der Waals surface area contributed by atoms with Crippen LogP contribution in [0.1, 0.15) is 64.9 Å². The van der Waals surface area contributed by atoms with Gasteiger partial charge in [0.2, 0.25) is 0 Å². The third-order valence-electron chi connectivity index (χ3n) is 5.11. The number of hydrogen-bond acceptors (Lipinski definition) is 3. The number of hydrogen-bond donors (Lipinski definition) is 3. The minimum Gasteiger partial charge on any atom is -0.481 e. The first-order valence-electron chi connectivity index (χ1n) is 9.08. The highest BCUT2D eigenvalue weighted by Crippen LogP contribution is 2.28. The summed E-state index contributed by atoms with van der Waals surface area (Å²) in [6.07, 6.45) is 0.855. The number of nitrogens with one attached hydrogen (secondary N) is 2. The van der Waals surface area contributed by atoms with E-state index < -0.39 is 17.3 Å². The highest BCUT2D eigenvalue weighted by Gasteiger charge is 2.39. The standard InChI is InChI=1S/C21H26N2O4/c1-5-16-17(14(4)24)13(3)23-18(16)19(25)22-12-21(6-2,20(26)27)15-10-8-7-9-11-15/h7-11,23H,5-6,12H2,1-4H3,(H,22,25)(H,26,27). The number of Topliss-reactive ketones (excluding diaryl/α,β-unsaturated/α-hetero) is 1. The number of carbonyl (C=O) groups excluding carboxylic acids is 2. The van der Waals surface area contributed by atoms with Gasteiger partial charge in [0.25, 0.3) is 5.91 Å². The number of H-pyrrole nitrogens is 1. The van der Waals surface area contributed by atoms with Crippen LogP contribution in [-0.2, 0) is 16.6 Å². The number of carboxylic acids is 1. The molecular formula is C21H26N2O4. The number of amides is 1. The monoisotopic (exact) mass is 370 g/mol. The summed E-state index contributed by atoms with van der Waals surface area (Å²) in [5, 5.41) is 12.6. The zero-order chi connectivity index (χ0) is 20.2. The Kier molecular flexibility index (Phi) is 6.20. The van der Waals surface area contributed by atoms with Gasteiger partial charge < -0.3 is 15.4 Å². The fraction of sp³-hybridized carbons (Fsp3) is 0.381. The second-order valence-corrected chi connectivity index (χ2v) is 6.68. The molecule has 1 unspecified atom stereocenters. The summed E-state index contributed by atoms with van der Waals surface area (Å²) in [6, 6.07) is 8.91. The molecule has 3 N–H and O–H groups in total. The highest BCUT2D eigenvalue weighted by atomic mass is 16.4. The molecule has 0 aliphatic rings. The smallest absolute Gasteiger partial charge is 0.315 e. The number of benzene rings is 1. The van der Waals surface area contributed by atoms with Gasteiger partial charge in [0.15, 0.2) is 5.78 Å². The van der Waals surface area contributed by atoms with Gasteiger partial charge >= 0.3 is 5.97 Å². The molecule has 0 fully saturated rings. The van der Waals surface area contributed by atoms with Crippen LogP contribution in [0.15, 0.2) is 30.3 Å². The van der Waals surface area contributed by atoms with Crippen LogP contribution in [0.25, 0.3) is 0 Å². The first-order chi connectivity index (χ1) is 12.8. The fourth-order valence-corrected chi connectivity index (χ4v) is 3.56. The number of aromatic amines is 1. The minimum atomic E-state index is -1.21. The van der Waals surface area contributed by atoms with Crippen molar-refractivity contribution >= 4 is 17.7 Å². The number of ketones is 1. The van der Waals surface area contributed by atoms with E-state index in [-0.39, 0.29) is 12.3 Å². The van der Waals surface area contributed by atoms with Crippen molar-refractivity contribution < 1.29 is 19.5 Å². The van der Waals surface area contributed by atoms with E-state index in [0.717, 1.165) is 0 Å². The summed E-state index contributed by atoms with van der Waals surface area (Å²) >= 11 is 0. The Hall–Kier alpha value is -2.89. The number of aryl methyl sites for hydroxylation is 1. The highest BCUT2D eigenvalue weighted by molar-refractivity contribution is 6.02. The Labute approximate surface area is 159 Å². The van der Waals surface area contributed by atoms with Crippen molar-refractivity contribution in [1.82, 2.24) is 10.3 Å². The van der Waals surface area contributed by atoms with Crippen molar-refractivity contribution in [2.24, 2.45) is 0 Å². The van der Waals surface area contributed by atoms with Gasteiger partial charge in [-0.2, -0.15) is 0 Å². The second-order valence-electron chi connectivity index (χ2n) is 6.68. The molecule has 0 radical (unpaired) electrons. The average Bonchev–Trinajstić information content (AvgIpc) is 2.99. The van der Waals surface area contributed by atoms with Gasteiger partial charge in [0, 0.05) is 17.8 Å². The van der Waals surface area contributed by atoms with Crippen LogP contribution < -0.4 is 5.32 Å². The molecule has 6 nitrogen and oxygen atoms in total. The maximum absolute atomic E-state index is 12.8. The quantitative estimate of drug-likeness (QED) is 0.621. The molecule has 1 amide bonds. The molecule has 2 aromatic rings. The van der Waals surface area contributed by atoms with Crippen LogP contribution in [0.3, 0.4) is 0 Å². The Morgan fingerprint density at radius 2 is 1.78 bits per heavy atom. The molecule has 2 rings (SSSR count). The Morgan fingerprint density at radius 1 is 1.15 bits per heavy atom. The number of aliphatic carboxylic acids is 1. The third kappa shape index (κ3) is 3.79. The molecule has 0 aliphatic carbocycles. The molecule has 144 valence electrons. The molecule has 1 aromatic heterocycles. The van der Waals surface area contributed by atoms with Crippen molar-refractivity contribution in [3.8, 4) is 0 Å². The predicted octanol–water partition coefficient (Wildman–Crippen LogP) is 3.25. The molecule has 1 aromatic carbocycles. The van der Waals surface area contributed by atoms with Gasteiger partial charge in [-0.1, -0.05) is 44.2 Å². The summed E-state index contributed by atoms with van der Waals surface area (Å²) in [5.41, 5.74) is 1.59. The van der Waals surface area contributed by atoms with Gasteiger partial charge in [0.1, 0.15) is 11.1 Å². The molecule has 1 atom stereocenters. The van der Waals surface area contributed by atoms with Crippen molar-refractivity contribution in [1.29, 1.82) is 0 Å². The molecule has 27 heavy (non-hydrogen) atoms. The van der Waals surface area contributed by atoms with E-state index in [9.17, 15) is 19.5 Å².